The Labute approximate surface area is 208 Å². The summed E-state index contributed by atoms with van der Waals surface area (Å²) in [5, 5.41) is 13.3. The number of Topliss-reactive ketones (excluding diaryl/α,β-unsaturated/α-hetero) is 1. The van der Waals surface area contributed by atoms with Gasteiger partial charge in [0.25, 0.3) is 5.78 Å². The summed E-state index contributed by atoms with van der Waals surface area (Å²) < 4.78 is 11.8. The Morgan fingerprint density at radius 2 is 1.86 bits per heavy atom. The monoisotopic (exact) mass is 492 g/mol. The molecule has 2 heterocycles. The highest BCUT2D eigenvalue weighted by Crippen LogP contribution is 2.44. The summed E-state index contributed by atoms with van der Waals surface area (Å²) in [7, 11) is 0. The molecule has 1 N–H and O–H groups in total. The lowest BCUT2D eigenvalue weighted by Gasteiger charge is -2.24. The quantitative estimate of drug-likeness (QED) is 0.168. The summed E-state index contributed by atoms with van der Waals surface area (Å²) >= 11 is 1.25. The molecule has 8 heteroatoms. The molecule has 3 aromatic rings. The van der Waals surface area contributed by atoms with Gasteiger partial charge >= 0.3 is 5.91 Å². The molecular formula is C27H28N2O5S. The molecule has 35 heavy (non-hydrogen) atoms. The third-order valence-electron chi connectivity index (χ3n) is 5.71. The number of amides is 1. The van der Waals surface area contributed by atoms with Gasteiger partial charge in [-0.25, -0.2) is 4.98 Å². The van der Waals surface area contributed by atoms with Crippen LogP contribution in [0.25, 0.3) is 5.76 Å². The van der Waals surface area contributed by atoms with Crippen LogP contribution in [0, 0.1) is 0 Å². The number of unbranched alkanes of at least 4 members (excludes halogenated alkanes) is 2. The molecule has 7 nitrogen and oxygen atoms in total. The van der Waals surface area contributed by atoms with Crippen molar-refractivity contribution in [1.29, 1.82) is 0 Å². The van der Waals surface area contributed by atoms with E-state index in [0.29, 0.717) is 41.0 Å². The molecule has 182 valence electrons. The van der Waals surface area contributed by atoms with Crippen molar-refractivity contribution in [1.82, 2.24) is 4.98 Å². The molecule has 1 amide bonds. The highest BCUT2D eigenvalue weighted by atomic mass is 32.1. The van der Waals surface area contributed by atoms with Gasteiger partial charge in [-0.1, -0.05) is 56.2 Å². The number of carbonyl (C=O) groups excluding carboxylic acids is 2. The molecule has 0 radical (unpaired) electrons. The first-order chi connectivity index (χ1) is 17.1. The lowest BCUT2D eigenvalue weighted by atomic mass is 9.95. The van der Waals surface area contributed by atoms with E-state index in [0.717, 1.165) is 19.3 Å². The van der Waals surface area contributed by atoms with E-state index in [1.54, 1.807) is 54.0 Å². The maximum absolute atomic E-state index is 13.2. The van der Waals surface area contributed by atoms with E-state index in [4.69, 9.17) is 9.47 Å². The smallest absolute Gasteiger partial charge is 0.301 e. The average molecular weight is 493 g/mol. The van der Waals surface area contributed by atoms with Crippen LogP contribution in [0.3, 0.4) is 0 Å². The SMILES string of the molecule is CCCCCOc1ccc(C2C(=C(O)c3ccccc3)C(=O)C(=O)N2c2nccs2)cc1OCC. The van der Waals surface area contributed by atoms with Crippen LogP contribution >= 0.6 is 11.3 Å². The molecule has 1 aliphatic rings. The zero-order chi connectivity index (χ0) is 24.8. The van der Waals surface area contributed by atoms with Gasteiger partial charge in [0, 0.05) is 17.1 Å². The number of benzene rings is 2. The molecule has 0 bridgehead atoms. The van der Waals surface area contributed by atoms with Crippen LogP contribution in [-0.4, -0.2) is 35.0 Å². The zero-order valence-corrected chi connectivity index (χ0v) is 20.6. The zero-order valence-electron chi connectivity index (χ0n) is 19.8. The Hall–Kier alpha value is -3.65. The fourth-order valence-corrected chi connectivity index (χ4v) is 4.72. The number of carbonyl (C=O) groups is 2. The lowest BCUT2D eigenvalue weighted by Crippen LogP contribution is -2.29. The number of hydrogen-bond donors (Lipinski definition) is 1. The number of hydrogen-bond acceptors (Lipinski definition) is 7. The van der Waals surface area contributed by atoms with E-state index in [1.165, 1.54) is 16.2 Å². The molecule has 1 unspecified atom stereocenters. The van der Waals surface area contributed by atoms with Gasteiger partial charge in [0.1, 0.15) is 5.76 Å². The topological polar surface area (TPSA) is 89.0 Å². The molecule has 2 aromatic carbocycles. The first-order valence-electron chi connectivity index (χ1n) is 11.7. The van der Waals surface area contributed by atoms with Crippen LogP contribution in [0.5, 0.6) is 11.5 Å². The second-order valence-corrected chi connectivity index (χ2v) is 8.92. The van der Waals surface area contributed by atoms with Crippen molar-refractivity contribution in [3.05, 3.63) is 76.8 Å². The summed E-state index contributed by atoms with van der Waals surface area (Å²) in [5.74, 6) is -0.609. The fraction of sp³-hybridized carbons (Fsp3) is 0.296. The second-order valence-electron chi connectivity index (χ2n) is 8.04. The van der Waals surface area contributed by atoms with Crippen LogP contribution in [0.1, 0.15) is 50.3 Å². The number of aliphatic hydroxyl groups is 1. The Kier molecular flexibility index (Phi) is 7.82. The minimum absolute atomic E-state index is 0.00969. The standard InChI is InChI=1S/C27H28N2O5S/c1-3-5-9-15-34-20-13-12-19(17-21(20)33-4-2)23-22(24(30)18-10-7-6-8-11-18)25(31)26(32)29(23)27-28-14-16-35-27/h6-8,10-14,16-17,23,30H,3-5,9,15H2,1-2H3. The normalized spacial score (nSPS) is 17.1. The molecule has 1 atom stereocenters. The van der Waals surface area contributed by atoms with Crippen LogP contribution in [0.2, 0.25) is 0 Å². The van der Waals surface area contributed by atoms with E-state index >= 15 is 0 Å². The van der Waals surface area contributed by atoms with E-state index in [9.17, 15) is 14.7 Å². The van der Waals surface area contributed by atoms with Crippen molar-refractivity contribution in [3.8, 4) is 11.5 Å². The minimum Gasteiger partial charge on any atom is -0.507 e. The van der Waals surface area contributed by atoms with Crippen molar-refractivity contribution in [2.24, 2.45) is 0 Å². The number of aromatic nitrogens is 1. The second kappa shape index (κ2) is 11.2. The third kappa shape index (κ3) is 5.07. The number of ketones is 1. The third-order valence-corrected chi connectivity index (χ3v) is 6.48. The van der Waals surface area contributed by atoms with Crippen molar-refractivity contribution >= 4 is 33.9 Å². The van der Waals surface area contributed by atoms with Crippen LogP contribution in [0.15, 0.2) is 65.7 Å². The van der Waals surface area contributed by atoms with E-state index in [-0.39, 0.29) is 11.3 Å². The molecular weight excluding hydrogens is 464 g/mol. The molecule has 0 spiro atoms. The van der Waals surface area contributed by atoms with Gasteiger partial charge in [0.15, 0.2) is 16.6 Å². The number of rotatable bonds is 10. The maximum atomic E-state index is 13.2. The van der Waals surface area contributed by atoms with Crippen LogP contribution < -0.4 is 14.4 Å². The minimum atomic E-state index is -0.866. The summed E-state index contributed by atoms with van der Waals surface area (Å²) in [6.45, 7) is 5.00. The van der Waals surface area contributed by atoms with Crippen molar-refractivity contribution in [2.45, 2.75) is 39.2 Å². The summed E-state index contributed by atoms with van der Waals surface area (Å²) in [6, 6.07) is 13.2. The first-order valence-corrected chi connectivity index (χ1v) is 12.6. The van der Waals surface area contributed by atoms with Gasteiger partial charge in [-0.15, -0.1) is 11.3 Å². The van der Waals surface area contributed by atoms with Crippen molar-refractivity contribution in [3.63, 3.8) is 0 Å². The number of aliphatic hydroxyl groups excluding tert-OH is 1. The molecule has 1 saturated heterocycles. The predicted molar refractivity (Wildman–Crippen MR) is 136 cm³/mol. The van der Waals surface area contributed by atoms with E-state index < -0.39 is 17.7 Å². The van der Waals surface area contributed by atoms with Gasteiger partial charge in [0.2, 0.25) is 0 Å². The first kappa shape index (κ1) is 24.5. The molecule has 0 aliphatic carbocycles. The van der Waals surface area contributed by atoms with Gasteiger partial charge in [-0.3, -0.25) is 14.5 Å². The van der Waals surface area contributed by atoms with Gasteiger partial charge < -0.3 is 14.6 Å². The van der Waals surface area contributed by atoms with Crippen molar-refractivity contribution < 1.29 is 24.2 Å². The number of ether oxygens (including phenoxy) is 2. The molecule has 1 aromatic heterocycles. The van der Waals surface area contributed by atoms with Gasteiger partial charge in [0.05, 0.1) is 24.8 Å². The fourth-order valence-electron chi connectivity index (χ4n) is 4.05. The molecule has 4 rings (SSSR count). The largest absolute Gasteiger partial charge is 0.507 e. The highest BCUT2D eigenvalue weighted by Gasteiger charge is 2.48. The summed E-state index contributed by atoms with van der Waals surface area (Å²) in [4.78, 5) is 32.0. The van der Waals surface area contributed by atoms with E-state index in [2.05, 4.69) is 11.9 Å². The van der Waals surface area contributed by atoms with E-state index in [1.807, 2.05) is 13.0 Å². The number of nitrogens with zero attached hydrogens (tertiary/aromatic N) is 2. The summed E-state index contributed by atoms with van der Waals surface area (Å²) in [5.41, 5.74) is 1.08. The van der Waals surface area contributed by atoms with Crippen LogP contribution in [0.4, 0.5) is 5.13 Å². The Bertz CT molecular complexity index is 1210. The number of thiazole rings is 1. The van der Waals surface area contributed by atoms with Gasteiger partial charge in [-0.2, -0.15) is 0 Å². The summed E-state index contributed by atoms with van der Waals surface area (Å²) in [6.07, 6.45) is 4.68. The molecule has 1 aliphatic heterocycles. The van der Waals surface area contributed by atoms with Gasteiger partial charge in [-0.05, 0) is 31.0 Å². The van der Waals surface area contributed by atoms with Crippen molar-refractivity contribution in [2.75, 3.05) is 18.1 Å². The Morgan fingerprint density at radius 1 is 1.06 bits per heavy atom. The molecule has 0 saturated carbocycles. The predicted octanol–water partition coefficient (Wildman–Crippen LogP) is 5.74. The molecule has 1 fully saturated rings. The Balaban J connectivity index is 1.82. The average Bonchev–Trinajstić information content (AvgIpc) is 3.49. The Morgan fingerprint density at radius 3 is 2.54 bits per heavy atom. The number of anilines is 1. The lowest BCUT2D eigenvalue weighted by molar-refractivity contribution is -0.132. The maximum Gasteiger partial charge on any atom is 0.301 e. The van der Waals surface area contributed by atoms with Crippen LogP contribution in [-0.2, 0) is 9.59 Å². The highest BCUT2D eigenvalue weighted by molar-refractivity contribution is 7.14.